The van der Waals surface area contributed by atoms with Crippen molar-refractivity contribution < 1.29 is 22.6 Å². The van der Waals surface area contributed by atoms with Crippen LogP contribution in [0.3, 0.4) is 0 Å². The summed E-state index contributed by atoms with van der Waals surface area (Å²) in [5.74, 6) is 0.812. The molecule has 1 atom stereocenters. The molecule has 1 saturated heterocycles. The summed E-state index contributed by atoms with van der Waals surface area (Å²) in [6, 6.07) is 14.9. The van der Waals surface area contributed by atoms with Gasteiger partial charge in [0.15, 0.2) is 0 Å². The summed E-state index contributed by atoms with van der Waals surface area (Å²) in [7, 11) is -0.673. The van der Waals surface area contributed by atoms with E-state index in [0.717, 1.165) is 32.5 Å². The van der Waals surface area contributed by atoms with E-state index in [2.05, 4.69) is 21.8 Å². The van der Waals surface area contributed by atoms with Gasteiger partial charge in [-0.05, 0) is 37.1 Å². The van der Waals surface area contributed by atoms with Gasteiger partial charge in [-0.15, -0.1) is 0 Å². The second-order valence-corrected chi connectivity index (χ2v) is 8.93. The Hall–Kier alpha value is -2.13. The molecule has 1 aliphatic rings. The second-order valence-electron chi connectivity index (χ2n) is 7.19. The number of unbranched alkanes of at least 4 members (excludes halogenated alkanes) is 1. The van der Waals surface area contributed by atoms with Gasteiger partial charge in [0.05, 0.1) is 26.9 Å². The van der Waals surface area contributed by atoms with Crippen LogP contribution in [0.2, 0.25) is 0 Å². The van der Waals surface area contributed by atoms with E-state index in [0.29, 0.717) is 18.9 Å². The molecule has 2 aromatic carbocycles. The predicted molar refractivity (Wildman–Crippen MR) is 116 cm³/mol. The first-order valence-electron chi connectivity index (χ1n) is 10.1. The number of nitrogens with one attached hydrogen (secondary N) is 1. The van der Waals surface area contributed by atoms with Crippen LogP contribution in [-0.2, 0) is 14.8 Å². The number of sulfonamides is 1. The van der Waals surface area contributed by atoms with Gasteiger partial charge in [0.1, 0.15) is 16.4 Å². The smallest absolute Gasteiger partial charge is 0.244 e. The molecular weight excluding hydrogens is 404 g/mol. The molecule has 30 heavy (non-hydrogen) atoms. The van der Waals surface area contributed by atoms with Crippen molar-refractivity contribution in [3.63, 3.8) is 0 Å². The van der Waals surface area contributed by atoms with Crippen LogP contribution in [0.25, 0.3) is 0 Å². The number of morpholine rings is 1. The maximum atomic E-state index is 12.6. The summed E-state index contributed by atoms with van der Waals surface area (Å²) < 4.78 is 44.1. The van der Waals surface area contributed by atoms with E-state index < -0.39 is 10.0 Å². The predicted octanol–water partition coefficient (Wildman–Crippen LogP) is 2.84. The molecule has 1 aliphatic heterocycles. The van der Waals surface area contributed by atoms with Gasteiger partial charge in [-0.1, -0.05) is 30.3 Å². The van der Waals surface area contributed by atoms with Crippen molar-refractivity contribution in [2.75, 3.05) is 47.0 Å². The maximum absolute atomic E-state index is 12.6. The Bertz CT molecular complexity index is 905. The average Bonchev–Trinajstić information content (AvgIpc) is 2.79. The summed E-state index contributed by atoms with van der Waals surface area (Å²) in [6.45, 7) is 3.77. The monoisotopic (exact) mass is 434 g/mol. The zero-order chi connectivity index (χ0) is 21.4. The number of methoxy groups -OCH3 is 2. The van der Waals surface area contributed by atoms with Gasteiger partial charge in [-0.3, -0.25) is 4.90 Å². The van der Waals surface area contributed by atoms with E-state index in [1.165, 1.54) is 25.8 Å². The molecule has 0 amide bonds. The van der Waals surface area contributed by atoms with Crippen molar-refractivity contribution in [2.45, 2.75) is 23.8 Å². The minimum absolute atomic E-state index is 0.0981. The van der Waals surface area contributed by atoms with Crippen LogP contribution in [-0.4, -0.2) is 60.3 Å². The van der Waals surface area contributed by atoms with Crippen LogP contribution in [0.4, 0.5) is 0 Å². The lowest BCUT2D eigenvalue weighted by atomic mass is 10.1. The molecule has 1 fully saturated rings. The van der Waals surface area contributed by atoms with E-state index >= 15 is 0 Å². The van der Waals surface area contributed by atoms with Gasteiger partial charge < -0.3 is 14.2 Å². The lowest BCUT2D eigenvalue weighted by Crippen LogP contribution is -2.39. The number of rotatable bonds is 10. The van der Waals surface area contributed by atoms with Gasteiger partial charge in [0, 0.05) is 25.7 Å². The Labute approximate surface area is 179 Å². The Morgan fingerprint density at radius 2 is 1.90 bits per heavy atom. The van der Waals surface area contributed by atoms with E-state index in [1.807, 2.05) is 18.2 Å². The molecule has 3 rings (SSSR count). The first-order chi connectivity index (χ1) is 14.5. The third-order valence-electron chi connectivity index (χ3n) is 5.18. The molecular formula is C22H30N2O5S. The second kappa shape index (κ2) is 10.8. The van der Waals surface area contributed by atoms with Crippen LogP contribution in [0.5, 0.6) is 11.5 Å². The molecule has 8 heteroatoms. The molecule has 0 saturated carbocycles. The summed E-state index contributed by atoms with van der Waals surface area (Å²) >= 11 is 0. The summed E-state index contributed by atoms with van der Waals surface area (Å²) in [4.78, 5) is 2.49. The van der Waals surface area contributed by atoms with Crippen molar-refractivity contribution in [1.82, 2.24) is 9.62 Å². The van der Waals surface area contributed by atoms with Crippen molar-refractivity contribution in [3.8, 4) is 11.5 Å². The van der Waals surface area contributed by atoms with Crippen molar-refractivity contribution >= 4 is 10.0 Å². The Balaban J connectivity index is 1.44. The fraction of sp³-hybridized carbons (Fsp3) is 0.455. The average molecular weight is 435 g/mol. The number of ether oxygens (including phenoxy) is 3. The normalized spacial score (nSPS) is 17.6. The largest absolute Gasteiger partial charge is 0.497 e. The highest BCUT2D eigenvalue weighted by molar-refractivity contribution is 7.89. The molecule has 1 heterocycles. The third kappa shape index (κ3) is 5.95. The molecule has 0 bridgehead atoms. The summed E-state index contributed by atoms with van der Waals surface area (Å²) in [6.07, 6.45) is 1.76. The minimum Gasteiger partial charge on any atom is -0.497 e. The number of nitrogens with zero attached hydrogens (tertiary/aromatic N) is 1. The molecule has 0 aliphatic carbocycles. The van der Waals surface area contributed by atoms with Gasteiger partial charge in [0.2, 0.25) is 10.0 Å². The highest BCUT2D eigenvalue weighted by Crippen LogP contribution is 2.28. The van der Waals surface area contributed by atoms with Crippen LogP contribution < -0.4 is 14.2 Å². The van der Waals surface area contributed by atoms with Gasteiger partial charge in [-0.25, -0.2) is 13.1 Å². The Morgan fingerprint density at radius 3 is 2.63 bits per heavy atom. The zero-order valence-electron chi connectivity index (χ0n) is 17.5. The zero-order valence-corrected chi connectivity index (χ0v) is 18.4. The minimum atomic E-state index is -3.64. The molecule has 2 aromatic rings. The van der Waals surface area contributed by atoms with Crippen LogP contribution >= 0.6 is 0 Å². The lowest BCUT2D eigenvalue weighted by Gasteiger charge is -2.33. The summed E-state index contributed by atoms with van der Waals surface area (Å²) in [5.41, 5.74) is 1.20. The fourth-order valence-corrected chi connectivity index (χ4v) is 4.74. The van der Waals surface area contributed by atoms with E-state index in [9.17, 15) is 8.42 Å². The molecule has 1 unspecified atom stereocenters. The third-order valence-corrected chi connectivity index (χ3v) is 6.68. The topological polar surface area (TPSA) is 77.1 Å². The highest BCUT2D eigenvalue weighted by Gasteiger charge is 2.22. The number of hydrogen-bond acceptors (Lipinski definition) is 6. The van der Waals surface area contributed by atoms with Crippen molar-refractivity contribution in [3.05, 3.63) is 54.1 Å². The van der Waals surface area contributed by atoms with Gasteiger partial charge in [0.25, 0.3) is 0 Å². The fourth-order valence-electron chi connectivity index (χ4n) is 3.52. The molecule has 0 spiro atoms. The molecule has 7 nitrogen and oxygen atoms in total. The molecule has 164 valence electrons. The van der Waals surface area contributed by atoms with Crippen LogP contribution in [0.15, 0.2) is 53.4 Å². The highest BCUT2D eigenvalue weighted by atomic mass is 32.2. The number of hydrogen-bond donors (Lipinski definition) is 1. The van der Waals surface area contributed by atoms with Crippen LogP contribution in [0.1, 0.15) is 24.5 Å². The Morgan fingerprint density at radius 1 is 1.10 bits per heavy atom. The maximum Gasteiger partial charge on any atom is 0.244 e. The molecule has 0 aromatic heterocycles. The number of benzene rings is 2. The SMILES string of the molecule is COc1ccc(S(=O)(=O)NCCCCN2CCOC(c3ccccc3)C2)c(OC)c1. The molecule has 1 N–H and O–H groups in total. The van der Waals surface area contributed by atoms with E-state index in [-0.39, 0.29) is 16.7 Å². The molecule has 0 radical (unpaired) electrons. The first kappa shape index (κ1) is 22.6. The van der Waals surface area contributed by atoms with E-state index in [1.54, 1.807) is 12.1 Å². The van der Waals surface area contributed by atoms with Crippen LogP contribution in [0, 0.1) is 0 Å². The lowest BCUT2D eigenvalue weighted by molar-refractivity contribution is -0.0303. The van der Waals surface area contributed by atoms with Crippen molar-refractivity contribution in [2.24, 2.45) is 0 Å². The summed E-state index contributed by atoms with van der Waals surface area (Å²) in [5, 5.41) is 0. The van der Waals surface area contributed by atoms with E-state index in [4.69, 9.17) is 14.2 Å². The standard InChI is InChI=1S/C22H30N2O5S/c1-27-19-10-11-22(20(16-19)28-2)30(25,26)23-12-6-7-13-24-14-15-29-21(17-24)18-8-4-3-5-9-18/h3-5,8-11,16,21,23H,6-7,12-15,17H2,1-2H3. The quantitative estimate of drug-likeness (QED) is 0.580. The van der Waals surface area contributed by atoms with Gasteiger partial charge in [-0.2, -0.15) is 0 Å². The first-order valence-corrected chi connectivity index (χ1v) is 11.6. The van der Waals surface area contributed by atoms with Gasteiger partial charge >= 0.3 is 0 Å². The van der Waals surface area contributed by atoms with Crippen molar-refractivity contribution in [1.29, 1.82) is 0 Å². The Kier molecular flexibility index (Phi) is 8.09.